The van der Waals surface area contributed by atoms with Crippen molar-refractivity contribution in [3.8, 4) is 0 Å². The molecule has 1 heterocycles. The van der Waals surface area contributed by atoms with Crippen LogP contribution in [0.5, 0.6) is 0 Å². The summed E-state index contributed by atoms with van der Waals surface area (Å²) in [6, 6.07) is 12.2. The van der Waals surface area contributed by atoms with E-state index in [2.05, 4.69) is 26.2 Å². The van der Waals surface area contributed by atoms with Crippen LogP contribution in [0.15, 0.2) is 47.1 Å². The normalized spacial score (nSPS) is 10.1. The fourth-order valence-corrected chi connectivity index (χ4v) is 2.13. The van der Waals surface area contributed by atoms with Crippen LogP contribution in [-0.4, -0.2) is 22.0 Å². The van der Waals surface area contributed by atoms with Crippen LogP contribution in [0.3, 0.4) is 0 Å². The Labute approximate surface area is 130 Å². The van der Waals surface area contributed by atoms with Gasteiger partial charge in [-0.1, -0.05) is 18.2 Å². The second-order valence-electron chi connectivity index (χ2n) is 4.39. The highest BCUT2D eigenvalue weighted by atomic mass is 79.9. The number of hydrogen-bond acceptors (Lipinski definition) is 3. The Hall–Kier alpha value is -2.21. The molecule has 108 valence electrons. The zero-order chi connectivity index (χ0) is 15.2. The van der Waals surface area contributed by atoms with Crippen LogP contribution in [-0.2, 0) is 11.2 Å². The quantitative estimate of drug-likeness (QED) is 0.813. The van der Waals surface area contributed by atoms with Crippen LogP contribution in [0.25, 0.3) is 0 Å². The third kappa shape index (κ3) is 4.68. The fraction of sp³-hybridized carbons (Fsp3) is 0.133. The van der Waals surface area contributed by atoms with Gasteiger partial charge in [0.25, 0.3) is 5.91 Å². The maximum absolute atomic E-state index is 12.1. The molecule has 0 saturated heterocycles. The van der Waals surface area contributed by atoms with Gasteiger partial charge < -0.3 is 10.4 Å². The minimum atomic E-state index is -0.845. The van der Waals surface area contributed by atoms with E-state index < -0.39 is 5.97 Å². The van der Waals surface area contributed by atoms with Gasteiger partial charge in [-0.05, 0) is 52.2 Å². The third-order valence-electron chi connectivity index (χ3n) is 2.76. The maximum Gasteiger partial charge on any atom is 0.303 e. The summed E-state index contributed by atoms with van der Waals surface area (Å²) in [6.07, 6.45) is 0.485. The first-order chi connectivity index (χ1) is 10.0. The molecule has 6 heteroatoms. The molecule has 2 aromatic rings. The Morgan fingerprint density at radius 2 is 1.95 bits per heavy atom. The number of halogens is 1. The van der Waals surface area contributed by atoms with E-state index in [9.17, 15) is 9.59 Å². The SMILES string of the molecule is O=C(O)CCc1cccc(NC(=O)c2cccc(Br)n2)c1. The number of anilines is 1. The lowest BCUT2D eigenvalue weighted by molar-refractivity contribution is -0.136. The molecule has 1 aromatic carbocycles. The lowest BCUT2D eigenvalue weighted by atomic mass is 10.1. The van der Waals surface area contributed by atoms with Crippen molar-refractivity contribution in [3.05, 3.63) is 58.3 Å². The summed E-state index contributed by atoms with van der Waals surface area (Å²) in [5.41, 5.74) is 1.78. The number of carboxylic acid groups (broad SMARTS) is 1. The number of aromatic nitrogens is 1. The van der Waals surface area contributed by atoms with Gasteiger partial charge in [-0.15, -0.1) is 0 Å². The summed E-state index contributed by atoms with van der Waals surface area (Å²) in [7, 11) is 0. The van der Waals surface area contributed by atoms with Gasteiger partial charge in [0.15, 0.2) is 0 Å². The molecule has 0 atom stereocenters. The number of hydrogen-bond donors (Lipinski definition) is 2. The number of carboxylic acids is 1. The Bertz CT molecular complexity index is 673. The average Bonchev–Trinajstić information content (AvgIpc) is 2.45. The minimum Gasteiger partial charge on any atom is -0.481 e. The van der Waals surface area contributed by atoms with Crippen LogP contribution in [0.4, 0.5) is 5.69 Å². The zero-order valence-corrected chi connectivity index (χ0v) is 12.6. The topological polar surface area (TPSA) is 79.3 Å². The number of carbonyl (C=O) groups excluding carboxylic acids is 1. The molecule has 2 rings (SSSR count). The summed E-state index contributed by atoms with van der Waals surface area (Å²) >= 11 is 3.21. The highest BCUT2D eigenvalue weighted by molar-refractivity contribution is 9.10. The van der Waals surface area contributed by atoms with E-state index in [1.807, 2.05) is 6.07 Å². The third-order valence-corrected chi connectivity index (χ3v) is 3.20. The average molecular weight is 349 g/mol. The van der Waals surface area contributed by atoms with Gasteiger partial charge in [-0.2, -0.15) is 0 Å². The van der Waals surface area contributed by atoms with Gasteiger partial charge in [0, 0.05) is 12.1 Å². The second kappa shape index (κ2) is 6.99. The highest BCUT2D eigenvalue weighted by Crippen LogP contribution is 2.14. The molecule has 2 N–H and O–H groups in total. The molecule has 0 aliphatic rings. The molecule has 1 aromatic heterocycles. The Morgan fingerprint density at radius 1 is 1.19 bits per heavy atom. The first kappa shape index (κ1) is 15.2. The van der Waals surface area contributed by atoms with Gasteiger partial charge in [0.1, 0.15) is 10.3 Å². The predicted molar refractivity (Wildman–Crippen MR) is 82.3 cm³/mol. The molecule has 5 nitrogen and oxygen atoms in total. The number of amides is 1. The number of carbonyl (C=O) groups is 2. The molecular formula is C15H13BrN2O3. The fourth-order valence-electron chi connectivity index (χ4n) is 1.79. The van der Waals surface area contributed by atoms with Crippen molar-refractivity contribution in [3.63, 3.8) is 0 Å². The Kier molecular flexibility index (Phi) is 5.05. The van der Waals surface area contributed by atoms with Crippen molar-refractivity contribution in [2.45, 2.75) is 12.8 Å². The monoisotopic (exact) mass is 348 g/mol. The van der Waals surface area contributed by atoms with Crippen molar-refractivity contribution in [1.82, 2.24) is 4.98 Å². The zero-order valence-electron chi connectivity index (χ0n) is 11.0. The number of rotatable bonds is 5. The first-order valence-corrected chi connectivity index (χ1v) is 7.08. The van der Waals surface area contributed by atoms with Gasteiger partial charge >= 0.3 is 5.97 Å². The molecule has 0 saturated carbocycles. The van der Waals surface area contributed by atoms with E-state index in [0.29, 0.717) is 22.4 Å². The summed E-state index contributed by atoms with van der Waals surface area (Å²) in [4.78, 5) is 26.7. The smallest absolute Gasteiger partial charge is 0.303 e. The summed E-state index contributed by atoms with van der Waals surface area (Å²) in [6.45, 7) is 0. The minimum absolute atomic E-state index is 0.0601. The van der Waals surface area contributed by atoms with E-state index in [1.165, 1.54) is 0 Å². The molecule has 21 heavy (non-hydrogen) atoms. The Morgan fingerprint density at radius 3 is 2.67 bits per heavy atom. The van der Waals surface area contributed by atoms with Crippen LogP contribution < -0.4 is 5.32 Å². The van der Waals surface area contributed by atoms with Gasteiger partial charge in [-0.25, -0.2) is 4.98 Å². The van der Waals surface area contributed by atoms with Crippen LogP contribution in [0, 0.1) is 0 Å². The van der Waals surface area contributed by atoms with E-state index >= 15 is 0 Å². The number of benzene rings is 1. The lowest BCUT2D eigenvalue weighted by Gasteiger charge is -2.07. The standard InChI is InChI=1S/C15H13BrN2O3/c16-13-6-2-5-12(18-13)15(21)17-11-4-1-3-10(9-11)7-8-14(19)20/h1-6,9H,7-8H2,(H,17,21)(H,19,20). The Balaban J connectivity index is 2.07. The molecule has 1 amide bonds. The molecule has 0 aliphatic heterocycles. The number of aryl methyl sites for hydroxylation is 1. The predicted octanol–water partition coefficient (Wildman–Crippen LogP) is 3.11. The molecule has 0 unspecified atom stereocenters. The van der Waals surface area contributed by atoms with E-state index in [0.717, 1.165) is 5.56 Å². The molecule has 0 fully saturated rings. The number of nitrogens with zero attached hydrogens (tertiary/aromatic N) is 1. The number of pyridine rings is 1. The van der Waals surface area contributed by atoms with E-state index in [1.54, 1.807) is 36.4 Å². The first-order valence-electron chi connectivity index (χ1n) is 6.29. The van der Waals surface area contributed by atoms with Crippen LogP contribution in [0.2, 0.25) is 0 Å². The number of nitrogens with one attached hydrogen (secondary N) is 1. The summed E-state index contributed by atoms with van der Waals surface area (Å²) < 4.78 is 0.588. The van der Waals surface area contributed by atoms with Crippen molar-refractivity contribution in [2.24, 2.45) is 0 Å². The summed E-state index contributed by atoms with van der Waals surface area (Å²) in [5.74, 6) is -1.16. The maximum atomic E-state index is 12.1. The van der Waals surface area contributed by atoms with E-state index in [-0.39, 0.29) is 12.3 Å². The van der Waals surface area contributed by atoms with Crippen molar-refractivity contribution in [1.29, 1.82) is 0 Å². The van der Waals surface area contributed by atoms with Crippen LogP contribution >= 0.6 is 15.9 Å². The second-order valence-corrected chi connectivity index (χ2v) is 5.21. The largest absolute Gasteiger partial charge is 0.481 e. The van der Waals surface area contributed by atoms with Gasteiger partial charge in [0.2, 0.25) is 0 Å². The van der Waals surface area contributed by atoms with Crippen molar-refractivity contribution in [2.75, 3.05) is 5.32 Å². The highest BCUT2D eigenvalue weighted by Gasteiger charge is 2.08. The van der Waals surface area contributed by atoms with Crippen molar-refractivity contribution >= 4 is 33.5 Å². The molecule has 0 bridgehead atoms. The number of aliphatic carboxylic acids is 1. The molecule has 0 radical (unpaired) electrons. The van der Waals surface area contributed by atoms with Crippen LogP contribution in [0.1, 0.15) is 22.5 Å². The molecular weight excluding hydrogens is 336 g/mol. The van der Waals surface area contributed by atoms with Gasteiger partial charge in [-0.3, -0.25) is 9.59 Å². The lowest BCUT2D eigenvalue weighted by Crippen LogP contribution is -2.13. The molecule has 0 spiro atoms. The van der Waals surface area contributed by atoms with Gasteiger partial charge in [0.05, 0.1) is 0 Å². The molecule has 0 aliphatic carbocycles. The van der Waals surface area contributed by atoms with Crippen molar-refractivity contribution < 1.29 is 14.7 Å². The van der Waals surface area contributed by atoms with E-state index in [4.69, 9.17) is 5.11 Å². The summed E-state index contributed by atoms with van der Waals surface area (Å²) in [5, 5.41) is 11.4.